The highest BCUT2D eigenvalue weighted by Crippen LogP contribution is 2.25. The fourth-order valence-corrected chi connectivity index (χ4v) is 2.76. The van der Waals surface area contributed by atoms with Crippen molar-refractivity contribution in [3.05, 3.63) is 34.3 Å². The van der Waals surface area contributed by atoms with Crippen molar-refractivity contribution in [2.24, 2.45) is 11.8 Å². The van der Waals surface area contributed by atoms with Crippen LogP contribution < -0.4 is 10.6 Å². The molecule has 0 saturated carbocycles. The van der Waals surface area contributed by atoms with Crippen LogP contribution in [0.3, 0.4) is 0 Å². The lowest BCUT2D eigenvalue weighted by Gasteiger charge is -2.33. The number of carbonyl (C=O) groups is 1. The van der Waals surface area contributed by atoms with Gasteiger partial charge in [-0.3, -0.25) is 4.79 Å². The molecular formula is C16H24BrClN2O. The first-order valence-electron chi connectivity index (χ1n) is 7.14. The van der Waals surface area contributed by atoms with Crippen molar-refractivity contribution < 1.29 is 4.79 Å². The molecular weight excluding hydrogens is 352 g/mol. The molecule has 0 radical (unpaired) electrons. The second-order valence-electron chi connectivity index (χ2n) is 6.32. The molecule has 21 heavy (non-hydrogen) atoms. The zero-order valence-corrected chi connectivity index (χ0v) is 15.2. The quantitative estimate of drug-likeness (QED) is 0.830. The van der Waals surface area contributed by atoms with E-state index in [4.69, 9.17) is 0 Å². The molecule has 0 aromatic heterocycles. The molecule has 0 aliphatic carbocycles. The van der Waals surface area contributed by atoms with Gasteiger partial charge >= 0.3 is 0 Å². The van der Waals surface area contributed by atoms with Gasteiger partial charge < -0.3 is 10.6 Å². The Balaban J connectivity index is 0.00000220. The van der Waals surface area contributed by atoms with E-state index in [1.165, 1.54) is 5.56 Å². The summed E-state index contributed by atoms with van der Waals surface area (Å²) in [7, 11) is 0. The van der Waals surface area contributed by atoms with Gasteiger partial charge in [0.25, 0.3) is 0 Å². The van der Waals surface area contributed by atoms with Crippen molar-refractivity contribution in [2.75, 3.05) is 19.6 Å². The number of rotatable bonds is 5. The van der Waals surface area contributed by atoms with E-state index in [2.05, 4.69) is 52.5 Å². The summed E-state index contributed by atoms with van der Waals surface area (Å²) < 4.78 is 1.07. The first-order chi connectivity index (χ1) is 9.40. The van der Waals surface area contributed by atoms with Crippen LogP contribution in [0.4, 0.5) is 0 Å². The number of carbonyl (C=O) groups excluding carboxylic acids is 1. The highest BCUT2D eigenvalue weighted by atomic mass is 79.9. The van der Waals surface area contributed by atoms with Crippen LogP contribution in [0.15, 0.2) is 28.7 Å². The topological polar surface area (TPSA) is 41.1 Å². The van der Waals surface area contributed by atoms with Crippen LogP contribution in [0.25, 0.3) is 0 Å². The Morgan fingerprint density at radius 3 is 2.67 bits per heavy atom. The second kappa shape index (κ2) is 7.61. The largest absolute Gasteiger partial charge is 0.355 e. The van der Waals surface area contributed by atoms with Crippen molar-refractivity contribution in [1.82, 2.24) is 10.6 Å². The average molecular weight is 376 g/mol. The maximum Gasteiger partial charge on any atom is 0.223 e. The van der Waals surface area contributed by atoms with Gasteiger partial charge in [-0.15, -0.1) is 12.4 Å². The zero-order valence-electron chi connectivity index (χ0n) is 12.8. The summed E-state index contributed by atoms with van der Waals surface area (Å²) in [6, 6.07) is 8.27. The standard InChI is InChI=1S/C16H23BrN2O.ClH/c1-11(12-8-18-9-12)15(20)19-10-16(2,3)13-5-4-6-14(17)7-13;/h4-7,11-12,18H,8-10H2,1-3H3,(H,19,20);1H. The van der Waals surface area contributed by atoms with E-state index in [1.54, 1.807) is 0 Å². The van der Waals surface area contributed by atoms with Crippen molar-refractivity contribution in [3.8, 4) is 0 Å². The Labute approximate surface area is 141 Å². The molecule has 118 valence electrons. The Morgan fingerprint density at radius 1 is 1.48 bits per heavy atom. The Kier molecular flexibility index (Phi) is 6.70. The van der Waals surface area contributed by atoms with Crippen LogP contribution >= 0.6 is 28.3 Å². The fraction of sp³-hybridized carbons (Fsp3) is 0.562. The van der Waals surface area contributed by atoms with Crippen LogP contribution in [0, 0.1) is 11.8 Å². The second-order valence-corrected chi connectivity index (χ2v) is 7.23. The van der Waals surface area contributed by atoms with E-state index in [0.717, 1.165) is 17.6 Å². The summed E-state index contributed by atoms with van der Waals surface area (Å²) in [5, 5.41) is 6.32. The third kappa shape index (κ3) is 4.70. The van der Waals surface area contributed by atoms with Crippen molar-refractivity contribution in [2.45, 2.75) is 26.2 Å². The van der Waals surface area contributed by atoms with Gasteiger partial charge in [0.2, 0.25) is 5.91 Å². The monoisotopic (exact) mass is 374 g/mol. The van der Waals surface area contributed by atoms with E-state index in [-0.39, 0.29) is 29.6 Å². The molecule has 3 nitrogen and oxygen atoms in total. The summed E-state index contributed by atoms with van der Waals surface area (Å²) in [6.07, 6.45) is 0. The van der Waals surface area contributed by atoms with Gasteiger partial charge in [0, 0.05) is 22.4 Å². The minimum atomic E-state index is -0.0724. The first kappa shape index (κ1) is 18.5. The van der Waals surface area contributed by atoms with E-state index >= 15 is 0 Å². The highest BCUT2D eigenvalue weighted by Gasteiger charge is 2.30. The minimum Gasteiger partial charge on any atom is -0.355 e. The number of halogens is 2. The van der Waals surface area contributed by atoms with Gasteiger partial charge in [0.05, 0.1) is 0 Å². The summed E-state index contributed by atoms with van der Waals surface area (Å²) in [5.74, 6) is 0.748. The Bertz CT molecular complexity index is 489. The predicted octanol–water partition coefficient (Wildman–Crippen LogP) is 3.12. The lowest BCUT2D eigenvalue weighted by Crippen LogP contribution is -2.50. The maximum atomic E-state index is 12.2. The number of amides is 1. The minimum absolute atomic E-state index is 0. The lowest BCUT2D eigenvalue weighted by atomic mass is 9.84. The molecule has 1 unspecified atom stereocenters. The lowest BCUT2D eigenvalue weighted by molar-refractivity contribution is -0.126. The van der Waals surface area contributed by atoms with Crippen LogP contribution in [-0.4, -0.2) is 25.5 Å². The van der Waals surface area contributed by atoms with Gasteiger partial charge in [-0.2, -0.15) is 0 Å². The maximum absolute atomic E-state index is 12.2. The molecule has 1 aliphatic heterocycles. The zero-order chi connectivity index (χ0) is 14.8. The molecule has 1 heterocycles. The average Bonchev–Trinajstić information content (AvgIpc) is 2.34. The molecule has 1 amide bonds. The highest BCUT2D eigenvalue weighted by molar-refractivity contribution is 9.10. The Hall–Kier alpha value is -0.580. The van der Waals surface area contributed by atoms with Crippen LogP contribution in [-0.2, 0) is 10.2 Å². The van der Waals surface area contributed by atoms with Gasteiger partial charge in [-0.1, -0.05) is 48.8 Å². The van der Waals surface area contributed by atoms with Crippen molar-refractivity contribution in [3.63, 3.8) is 0 Å². The SMILES string of the molecule is CC(C(=O)NCC(C)(C)c1cccc(Br)c1)C1CNC1.Cl. The van der Waals surface area contributed by atoms with Gasteiger partial charge in [0.15, 0.2) is 0 Å². The third-order valence-electron chi connectivity index (χ3n) is 4.24. The number of nitrogens with one attached hydrogen (secondary N) is 2. The summed E-state index contributed by atoms with van der Waals surface area (Å²) in [4.78, 5) is 12.2. The fourth-order valence-electron chi connectivity index (χ4n) is 2.36. The molecule has 1 aromatic rings. The van der Waals surface area contributed by atoms with E-state index in [1.807, 2.05) is 19.1 Å². The predicted molar refractivity (Wildman–Crippen MR) is 92.9 cm³/mol. The molecule has 0 spiro atoms. The summed E-state index contributed by atoms with van der Waals surface area (Å²) in [6.45, 7) is 8.92. The van der Waals surface area contributed by atoms with Crippen molar-refractivity contribution >= 4 is 34.2 Å². The molecule has 1 fully saturated rings. The number of hydrogen-bond donors (Lipinski definition) is 2. The summed E-state index contributed by atoms with van der Waals surface area (Å²) in [5.41, 5.74) is 1.15. The van der Waals surface area contributed by atoms with Gasteiger partial charge in [0.1, 0.15) is 0 Å². The van der Waals surface area contributed by atoms with Crippen molar-refractivity contribution in [1.29, 1.82) is 0 Å². The number of hydrogen-bond acceptors (Lipinski definition) is 2. The van der Waals surface area contributed by atoms with Gasteiger partial charge in [-0.25, -0.2) is 0 Å². The third-order valence-corrected chi connectivity index (χ3v) is 4.74. The summed E-state index contributed by atoms with van der Waals surface area (Å²) >= 11 is 3.50. The molecule has 5 heteroatoms. The normalized spacial score (nSPS) is 16.6. The number of benzene rings is 1. The van der Waals surface area contributed by atoms with Crippen LogP contribution in [0.2, 0.25) is 0 Å². The Morgan fingerprint density at radius 2 is 2.14 bits per heavy atom. The van der Waals surface area contributed by atoms with Crippen LogP contribution in [0.5, 0.6) is 0 Å². The molecule has 2 N–H and O–H groups in total. The molecule has 2 rings (SSSR count). The molecule has 1 aromatic carbocycles. The van der Waals surface area contributed by atoms with E-state index in [9.17, 15) is 4.79 Å². The van der Waals surface area contributed by atoms with E-state index in [0.29, 0.717) is 12.5 Å². The van der Waals surface area contributed by atoms with E-state index < -0.39 is 0 Å². The molecule has 1 aliphatic rings. The van der Waals surface area contributed by atoms with Gasteiger partial charge in [-0.05, 0) is 36.7 Å². The molecule has 1 atom stereocenters. The molecule has 0 bridgehead atoms. The smallest absolute Gasteiger partial charge is 0.223 e. The van der Waals surface area contributed by atoms with Crippen LogP contribution in [0.1, 0.15) is 26.3 Å². The first-order valence-corrected chi connectivity index (χ1v) is 7.94. The molecule has 1 saturated heterocycles.